The lowest BCUT2D eigenvalue weighted by atomic mass is 10.2. The van der Waals surface area contributed by atoms with Crippen molar-refractivity contribution in [2.45, 2.75) is 39.0 Å². The first-order chi connectivity index (χ1) is 12.0. The summed E-state index contributed by atoms with van der Waals surface area (Å²) < 4.78 is 28.8. The van der Waals surface area contributed by atoms with E-state index in [-0.39, 0.29) is 5.75 Å². The Morgan fingerprint density at radius 3 is 2.68 bits per heavy atom. The van der Waals surface area contributed by atoms with Crippen LogP contribution in [0.15, 0.2) is 29.3 Å². The molecule has 0 spiro atoms. The lowest BCUT2D eigenvalue weighted by Crippen LogP contribution is -2.39. The zero-order valence-electron chi connectivity index (χ0n) is 15.2. The van der Waals surface area contributed by atoms with Gasteiger partial charge in [0.25, 0.3) is 0 Å². The van der Waals surface area contributed by atoms with Crippen LogP contribution in [0, 0.1) is 0 Å². The molecule has 0 bridgehead atoms. The molecule has 0 radical (unpaired) electrons. The Bertz CT molecular complexity index is 551. The number of ether oxygens (including phenoxy) is 1. The fourth-order valence-electron chi connectivity index (χ4n) is 3.00. The van der Waals surface area contributed by atoms with Crippen LogP contribution in [0.5, 0.6) is 5.75 Å². The van der Waals surface area contributed by atoms with E-state index in [2.05, 4.69) is 22.0 Å². The van der Waals surface area contributed by atoms with E-state index in [0.717, 1.165) is 31.2 Å². The van der Waals surface area contributed by atoms with E-state index in [1.807, 2.05) is 18.9 Å². The second-order valence-corrected chi connectivity index (χ2v) is 6.35. The molecule has 0 aromatic heterocycles. The molecule has 7 heteroatoms. The maximum Gasteiger partial charge on any atom is 0.387 e. The molecule has 1 aromatic rings. The van der Waals surface area contributed by atoms with Crippen LogP contribution in [0.4, 0.5) is 8.78 Å². The van der Waals surface area contributed by atoms with Crippen molar-refractivity contribution in [2.75, 3.05) is 33.7 Å². The van der Waals surface area contributed by atoms with Gasteiger partial charge >= 0.3 is 6.61 Å². The maximum absolute atomic E-state index is 12.2. The normalized spacial score (nSPS) is 18.6. The molecule has 1 heterocycles. The molecule has 1 fully saturated rings. The summed E-state index contributed by atoms with van der Waals surface area (Å²) in [7, 11) is 4.12. The third-order valence-corrected chi connectivity index (χ3v) is 4.39. The molecule has 1 aliphatic heterocycles. The van der Waals surface area contributed by atoms with Crippen molar-refractivity contribution in [3.05, 3.63) is 29.8 Å². The zero-order chi connectivity index (χ0) is 18.2. The average molecular weight is 354 g/mol. The van der Waals surface area contributed by atoms with Gasteiger partial charge in [-0.25, -0.2) is 0 Å². The standard InChI is InChI=1S/C18H28F2N4O/c1-4-21-18(22-12-15-6-5-11-23(15)2)24(3)13-14-7-9-16(10-8-14)25-17(19)20/h7-10,15,17H,4-6,11-13H2,1-3H3,(H,21,22). The lowest BCUT2D eigenvalue weighted by Gasteiger charge is -2.24. The quantitative estimate of drug-likeness (QED) is 0.604. The molecule has 1 aromatic carbocycles. The van der Waals surface area contributed by atoms with Gasteiger partial charge in [-0.1, -0.05) is 12.1 Å². The minimum Gasteiger partial charge on any atom is -0.435 e. The van der Waals surface area contributed by atoms with E-state index in [4.69, 9.17) is 4.99 Å². The lowest BCUT2D eigenvalue weighted by molar-refractivity contribution is -0.0498. The van der Waals surface area contributed by atoms with Gasteiger partial charge in [-0.15, -0.1) is 0 Å². The Labute approximate surface area is 148 Å². The number of nitrogens with zero attached hydrogens (tertiary/aromatic N) is 3. The molecule has 1 atom stereocenters. The summed E-state index contributed by atoms with van der Waals surface area (Å²) in [5.74, 6) is 1.03. The number of nitrogens with one attached hydrogen (secondary N) is 1. The summed E-state index contributed by atoms with van der Waals surface area (Å²) in [6, 6.07) is 7.22. The van der Waals surface area contributed by atoms with Crippen LogP contribution in [-0.4, -0.2) is 62.1 Å². The van der Waals surface area contributed by atoms with E-state index < -0.39 is 6.61 Å². The Kier molecular flexibility index (Phi) is 7.43. The first-order valence-corrected chi connectivity index (χ1v) is 8.73. The molecule has 25 heavy (non-hydrogen) atoms. The Morgan fingerprint density at radius 1 is 1.40 bits per heavy atom. The van der Waals surface area contributed by atoms with Crippen LogP contribution in [0.2, 0.25) is 0 Å². The number of halogens is 2. The minimum absolute atomic E-state index is 0.172. The monoisotopic (exact) mass is 354 g/mol. The Morgan fingerprint density at radius 2 is 2.12 bits per heavy atom. The first kappa shape index (κ1) is 19.4. The SMILES string of the molecule is CCNC(=NCC1CCCN1C)N(C)Cc1ccc(OC(F)F)cc1. The highest BCUT2D eigenvalue weighted by Gasteiger charge is 2.20. The second kappa shape index (κ2) is 9.56. The molecule has 0 amide bonds. The number of benzene rings is 1. The first-order valence-electron chi connectivity index (χ1n) is 8.73. The topological polar surface area (TPSA) is 40.1 Å². The smallest absolute Gasteiger partial charge is 0.387 e. The fraction of sp³-hybridized carbons (Fsp3) is 0.611. The molecule has 0 saturated carbocycles. The van der Waals surface area contributed by atoms with Crippen molar-refractivity contribution in [1.29, 1.82) is 0 Å². The third kappa shape index (κ3) is 6.16. The second-order valence-electron chi connectivity index (χ2n) is 6.35. The van der Waals surface area contributed by atoms with E-state index in [9.17, 15) is 8.78 Å². The summed E-state index contributed by atoms with van der Waals surface area (Å²) in [5, 5.41) is 3.31. The number of hydrogen-bond donors (Lipinski definition) is 1. The van der Waals surface area contributed by atoms with Crippen LogP contribution in [0.1, 0.15) is 25.3 Å². The van der Waals surface area contributed by atoms with Crippen molar-refractivity contribution >= 4 is 5.96 Å². The average Bonchev–Trinajstić information content (AvgIpc) is 2.98. The van der Waals surface area contributed by atoms with Gasteiger partial charge in [-0.05, 0) is 51.1 Å². The number of aliphatic imine (C=N–C) groups is 1. The highest BCUT2D eigenvalue weighted by atomic mass is 19.3. The predicted molar refractivity (Wildman–Crippen MR) is 96.2 cm³/mol. The number of likely N-dealkylation sites (tertiary alicyclic amines) is 1. The van der Waals surface area contributed by atoms with E-state index >= 15 is 0 Å². The molecule has 0 aliphatic carbocycles. The van der Waals surface area contributed by atoms with Gasteiger partial charge in [-0.2, -0.15) is 8.78 Å². The molecule has 140 valence electrons. The van der Waals surface area contributed by atoms with Gasteiger partial charge in [0.05, 0.1) is 6.54 Å². The number of hydrogen-bond acceptors (Lipinski definition) is 3. The number of alkyl halides is 2. The van der Waals surface area contributed by atoms with E-state index in [1.54, 1.807) is 24.3 Å². The van der Waals surface area contributed by atoms with Crippen LogP contribution < -0.4 is 10.1 Å². The van der Waals surface area contributed by atoms with Crippen LogP contribution in [-0.2, 0) is 6.54 Å². The molecule has 5 nitrogen and oxygen atoms in total. The van der Waals surface area contributed by atoms with Gasteiger partial charge < -0.3 is 19.9 Å². The molecular formula is C18H28F2N4O. The fourth-order valence-corrected chi connectivity index (χ4v) is 3.00. The molecule has 1 N–H and O–H groups in total. The molecule has 1 unspecified atom stereocenters. The van der Waals surface area contributed by atoms with Gasteiger partial charge in [-0.3, -0.25) is 4.99 Å². The molecule has 1 aliphatic rings. The summed E-state index contributed by atoms with van der Waals surface area (Å²) in [6.45, 7) is 2.60. The Balaban J connectivity index is 1.95. The molecule has 1 saturated heterocycles. The van der Waals surface area contributed by atoms with Gasteiger partial charge in [0, 0.05) is 26.2 Å². The summed E-state index contributed by atoms with van der Waals surface area (Å²) in [4.78, 5) is 9.16. The van der Waals surface area contributed by atoms with Crippen molar-refractivity contribution in [3.8, 4) is 5.75 Å². The third-order valence-electron chi connectivity index (χ3n) is 4.39. The summed E-state index contributed by atoms with van der Waals surface area (Å²) in [6.07, 6.45) is 2.42. The van der Waals surface area contributed by atoms with Crippen LogP contribution in [0.3, 0.4) is 0 Å². The number of rotatable bonds is 7. The largest absolute Gasteiger partial charge is 0.435 e. The van der Waals surface area contributed by atoms with Crippen molar-refractivity contribution in [3.63, 3.8) is 0 Å². The summed E-state index contributed by atoms with van der Waals surface area (Å²) in [5.41, 5.74) is 1.01. The minimum atomic E-state index is -2.80. The van der Waals surface area contributed by atoms with Crippen molar-refractivity contribution < 1.29 is 13.5 Å². The number of likely N-dealkylation sites (N-methyl/N-ethyl adjacent to an activating group) is 1. The van der Waals surface area contributed by atoms with E-state index in [0.29, 0.717) is 12.6 Å². The number of guanidine groups is 1. The molecular weight excluding hydrogens is 326 g/mol. The molecule has 2 rings (SSSR count). The van der Waals surface area contributed by atoms with Gasteiger partial charge in [0.1, 0.15) is 5.75 Å². The highest BCUT2D eigenvalue weighted by Crippen LogP contribution is 2.17. The maximum atomic E-state index is 12.2. The van der Waals surface area contributed by atoms with E-state index in [1.165, 1.54) is 12.8 Å². The zero-order valence-corrected chi connectivity index (χ0v) is 15.2. The predicted octanol–water partition coefficient (Wildman–Crippen LogP) is 2.78. The van der Waals surface area contributed by atoms with Crippen molar-refractivity contribution in [1.82, 2.24) is 15.1 Å². The van der Waals surface area contributed by atoms with Gasteiger partial charge in [0.2, 0.25) is 0 Å². The summed E-state index contributed by atoms with van der Waals surface area (Å²) >= 11 is 0. The Hall–Kier alpha value is -1.89. The van der Waals surface area contributed by atoms with Gasteiger partial charge in [0.15, 0.2) is 5.96 Å². The highest BCUT2D eigenvalue weighted by molar-refractivity contribution is 5.79. The van der Waals surface area contributed by atoms with Crippen LogP contribution in [0.25, 0.3) is 0 Å². The van der Waals surface area contributed by atoms with Crippen molar-refractivity contribution in [2.24, 2.45) is 4.99 Å². The van der Waals surface area contributed by atoms with Crippen LogP contribution >= 0.6 is 0 Å².